The van der Waals surface area contributed by atoms with Crippen molar-refractivity contribution in [3.63, 3.8) is 0 Å². The van der Waals surface area contributed by atoms with Crippen LogP contribution in [0.4, 0.5) is 5.69 Å². The maximum atomic E-state index is 11.4. The normalized spacial score (nSPS) is 12.4. The number of amides is 1. The van der Waals surface area contributed by atoms with E-state index in [9.17, 15) is 4.79 Å². The fourth-order valence-corrected chi connectivity index (χ4v) is 1.59. The molecule has 0 aliphatic carbocycles. The number of carbonyl (C=O) groups is 1. The van der Waals surface area contributed by atoms with Crippen molar-refractivity contribution in [1.29, 1.82) is 0 Å². The minimum Gasteiger partial charge on any atom is -0.397 e. The largest absolute Gasteiger partial charge is 0.397 e. The van der Waals surface area contributed by atoms with E-state index in [1.807, 2.05) is 0 Å². The van der Waals surface area contributed by atoms with Crippen molar-refractivity contribution in [2.75, 3.05) is 18.9 Å². The number of aliphatic hydroxyl groups is 2. The van der Waals surface area contributed by atoms with Crippen molar-refractivity contribution in [3.8, 4) is 0 Å². The van der Waals surface area contributed by atoms with Crippen LogP contribution in [0, 0.1) is 0 Å². The quantitative estimate of drug-likeness (QED) is 0.541. The van der Waals surface area contributed by atoms with E-state index in [4.69, 9.17) is 15.9 Å². The first-order valence-corrected chi connectivity index (χ1v) is 4.93. The van der Waals surface area contributed by atoms with Gasteiger partial charge in [0.2, 0.25) is 0 Å². The summed E-state index contributed by atoms with van der Waals surface area (Å²) in [7, 11) is 0. The first kappa shape index (κ1) is 11.0. The summed E-state index contributed by atoms with van der Waals surface area (Å²) in [5.41, 5.74) is 5.94. The van der Waals surface area contributed by atoms with Crippen molar-refractivity contribution in [1.82, 2.24) is 5.32 Å². The molecule has 0 aromatic carbocycles. The van der Waals surface area contributed by atoms with Crippen molar-refractivity contribution >= 4 is 22.9 Å². The maximum absolute atomic E-state index is 11.4. The predicted octanol–water partition coefficient (Wildman–Crippen LogP) is -0.587. The summed E-state index contributed by atoms with van der Waals surface area (Å²) in [5.74, 6) is -0.329. The molecule has 0 aliphatic rings. The third-order valence-corrected chi connectivity index (χ3v) is 2.54. The molecule has 0 spiro atoms. The highest BCUT2D eigenvalue weighted by Gasteiger charge is 2.11. The molecule has 0 bridgehead atoms. The molecule has 1 unspecified atom stereocenters. The second kappa shape index (κ2) is 4.94. The van der Waals surface area contributed by atoms with Gasteiger partial charge in [-0.2, -0.15) is 0 Å². The molecular weight excluding hydrogens is 204 g/mol. The molecule has 0 saturated heterocycles. The Kier molecular flexibility index (Phi) is 3.87. The maximum Gasteiger partial charge on any atom is 0.263 e. The molecule has 1 heterocycles. The van der Waals surface area contributed by atoms with Crippen LogP contribution in [-0.2, 0) is 0 Å². The summed E-state index contributed by atoms with van der Waals surface area (Å²) in [6, 6.07) is 1.64. The summed E-state index contributed by atoms with van der Waals surface area (Å²) in [6.07, 6.45) is -0.930. The number of rotatable bonds is 4. The highest BCUT2D eigenvalue weighted by molar-refractivity contribution is 7.12. The Morgan fingerprint density at radius 3 is 2.93 bits per heavy atom. The smallest absolute Gasteiger partial charge is 0.263 e. The number of aliphatic hydroxyl groups excluding tert-OH is 2. The molecule has 78 valence electrons. The Morgan fingerprint density at radius 1 is 1.71 bits per heavy atom. The Labute approximate surface area is 85.2 Å². The molecule has 0 radical (unpaired) electrons. The molecule has 1 rings (SSSR count). The van der Waals surface area contributed by atoms with E-state index in [1.54, 1.807) is 11.4 Å². The van der Waals surface area contributed by atoms with E-state index >= 15 is 0 Å². The van der Waals surface area contributed by atoms with Gasteiger partial charge in [0.1, 0.15) is 4.88 Å². The van der Waals surface area contributed by atoms with E-state index in [0.29, 0.717) is 10.6 Å². The van der Waals surface area contributed by atoms with Gasteiger partial charge in [-0.3, -0.25) is 4.79 Å². The van der Waals surface area contributed by atoms with Crippen molar-refractivity contribution in [2.45, 2.75) is 6.10 Å². The predicted molar refractivity (Wildman–Crippen MR) is 54.2 cm³/mol. The minimum absolute atomic E-state index is 0.0205. The molecule has 1 amide bonds. The zero-order chi connectivity index (χ0) is 10.6. The van der Waals surface area contributed by atoms with Gasteiger partial charge in [0.25, 0.3) is 5.91 Å². The zero-order valence-electron chi connectivity index (χ0n) is 7.43. The second-order valence-electron chi connectivity index (χ2n) is 2.75. The van der Waals surface area contributed by atoms with E-state index in [1.165, 1.54) is 11.3 Å². The molecule has 1 aromatic heterocycles. The van der Waals surface area contributed by atoms with Gasteiger partial charge in [-0.25, -0.2) is 0 Å². The molecule has 0 aliphatic heterocycles. The van der Waals surface area contributed by atoms with E-state index in [0.717, 1.165) is 0 Å². The molecule has 1 atom stereocenters. The standard InChI is InChI=1S/C8H12N2O3S/c9-6-1-2-14-7(6)8(13)10-3-5(12)4-11/h1-2,5,11-12H,3-4,9H2,(H,10,13). The van der Waals surface area contributed by atoms with Crippen LogP contribution in [0.1, 0.15) is 9.67 Å². The van der Waals surface area contributed by atoms with Gasteiger partial charge in [0, 0.05) is 6.54 Å². The molecule has 0 saturated carbocycles. The molecule has 6 heteroatoms. The lowest BCUT2D eigenvalue weighted by Gasteiger charge is -2.08. The van der Waals surface area contributed by atoms with Crippen molar-refractivity contribution in [3.05, 3.63) is 16.3 Å². The number of nitrogens with two attached hydrogens (primary N) is 1. The van der Waals surface area contributed by atoms with E-state index in [-0.39, 0.29) is 19.1 Å². The van der Waals surface area contributed by atoms with Crippen LogP contribution >= 0.6 is 11.3 Å². The Balaban J connectivity index is 2.47. The van der Waals surface area contributed by atoms with Gasteiger partial charge in [-0.1, -0.05) is 0 Å². The van der Waals surface area contributed by atoms with Crippen LogP contribution in [0.15, 0.2) is 11.4 Å². The minimum atomic E-state index is -0.930. The molecule has 1 aromatic rings. The van der Waals surface area contributed by atoms with E-state index in [2.05, 4.69) is 5.32 Å². The van der Waals surface area contributed by atoms with Gasteiger partial charge < -0.3 is 21.3 Å². The van der Waals surface area contributed by atoms with Crippen LogP contribution in [0.5, 0.6) is 0 Å². The lowest BCUT2D eigenvalue weighted by atomic mass is 10.3. The third-order valence-electron chi connectivity index (χ3n) is 1.61. The van der Waals surface area contributed by atoms with Gasteiger partial charge in [-0.15, -0.1) is 11.3 Å². The Hall–Kier alpha value is -1.11. The van der Waals surface area contributed by atoms with Gasteiger partial charge in [0.15, 0.2) is 0 Å². The Bertz CT molecular complexity index is 313. The summed E-state index contributed by atoms with van der Waals surface area (Å²) in [6.45, 7) is -0.354. The monoisotopic (exact) mass is 216 g/mol. The lowest BCUT2D eigenvalue weighted by Crippen LogP contribution is -2.33. The molecule has 5 N–H and O–H groups in total. The molecular formula is C8H12N2O3S. The van der Waals surface area contributed by atoms with Crippen molar-refractivity contribution in [2.24, 2.45) is 0 Å². The number of carbonyl (C=O) groups excluding carboxylic acids is 1. The molecule has 5 nitrogen and oxygen atoms in total. The summed E-state index contributed by atoms with van der Waals surface area (Å²) < 4.78 is 0. The highest BCUT2D eigenvalue weighted by Crippen LogP contribution is 2.17. The van der Waals surface area contributed by atoms with Gasteiger partial charge in [0.05, 0.1) is 18.4 Å². The van der Waals surface area contributed by atoms with Crippen LogP contribution in [0.3, 0.4) is 0 Å². The number of hydrogen-bond donors (Lipinski definition) is 4. The number of anilines is 1. The number of nitrogen functional groups attached to an aromatic ring is 1. The zero-order valence-corrected chi connectivity index (χ0v) is 8.25. The average molecular weight is 216 g/mol. The fraction of sp³-hybridized carbons (Fsp3) is 0.375. The Morgan fingerprint density at radius 2 is 2.43 bits per heavy atom. The molecule has 14 heavy (non-hydrogen) atoms. The van der Waals surface area contributed by atoms with Crippen LogP contribution < -0.4 is 11.1 Å². The fourth-order valence-electron chi connectivity index (χ4n) is 0.859. The summed E-state index contributed by atoms with van der Waals surface area (Å²) in [4.78, 5) is 11.8. The van der Waals surface area contributed by atoms with Crippen LogP contribution in [0.25, 0.3) is 0 Å². The number of nitrogens with one attached hydrogen (secondary N) is 1. The highest BCUT2D eigenvalue weighted by atomic mass is 32.1. The first-order valence-electron chi connectivity index (χ1n) is 4.05. The van der Waals surface area contributed by atoms with Crippen LogP contribution in [0.2, 0.25) is 0 Å². The van der Waals surface area contributed by atoms with Gasteiger partial charge in [-0.05, 0) is 11.4 Å². The molecule has 0 fully saturated rings. The van der Waals surface area contributed by atoms with E-state index < -0.39 is 6.10 Å². The number of thiophene rings is 1. The second-order valence-corrected chi connectivity index (χ2v) is 3.67. The van der Waals surface area contributed by atoms with Crippen molar-refractivity contribution < 1.29 is 15.0 Å². The SMILES string of the molecule is Nc1ccsc1C(=O)NCC(O)CO. The van der Waals surface area contributed by atoms with Gasteiger partial charge >= 0.3 is 0 Å². The third kappa shape index (κ3) is 2.69. The topological polar surface area (TPSA) is 95.6 Å². The lowest BCUT2D eigenvalue weighted by molar-refractivity contribution is 0.0805. The van der Waals surface area contributed by atoms with Crippen LogP contribution in [-0.4, -0.2) is 35.4 Å². The summed E-state index contributed by atoms with van der Waals surface area (Å²) >= 11 is 1.24. The average Bonchev–Trinajstić information content (AvgIpc) is 2.60. The first-order chi connectivity index (χ1) is 6.65. The summed E-state index contributed by atoms with van der Waals surface area (Å²) in [5, 5.41) is 21.7. The number of hydrogen-bond acceptors (Lipinski definition) is 5.